The van der Waals surface area contributed by atoms with E-state index in [0.717, 1.165) is 109 Å². The lowest BCUT2D eigenvalue weighted by Gasteiger charge is -2.18. The smallest absolute Gasteiger partial charge is 0.306 e. The second-order valence-electron chi connectivity index (χ2n) is 18.5. The van der Waals surface area contributed by atoms with Crippen molar-refractivity contribution in [3.8, 4) is 0 Å². The Morgan fingerprint density at radius 1 is 0.323 bits per heavy atom. The van der Waals surface area contributed by atoms with E-state index in [4.69, 9.17) is 14.2 Å². The monoisotopic (exact) mass is 909 g/mol. The van der Waals surface area contributed by atoms with Crippen LogP contribution in [0, 0.1) is 0 Å². The van der Waals surface area contributed by atoms with Gasteiger partial charge in [0.2, 0.25) is 0 Å². The van der Waals surface area contributed by atoms with E-state index in [2.05, 4.69) is 81.5 Å². The van der Waals surface area contributed by atoms with Crippen LogP contribution < -0.4 is 0 Å². The summed E-state index contributed by atoms with van der Waals surface area (Å²) in [4.78, 5) is 38.1. The topological polar surface area (TPSA) is 78.9 Å². The van der Waals surface area contributed by atoms with Gasteiger partial charge in [0.05, 0.1) is 0 Å². The fraction of sp³-hybridized carbons (Fsp3) is 0.780. The van der Waals surface area contributed by atoms with Crippen LogP contribution in [0.3, 0.4) is 0 Å². The average molecular weight is 909 g/mol. The van der Waals surface area contributed by atoms with Crippen LogP contribution in [-0.2, 0) is 28.6 Å². The highest BCUT2D eigenvalue weighted by atomic mass is 16.6. The summed E-state index contributed by atoms with van der Waals surface area (Å²) in [7, 11) is 0. The molecule has 0 aromatic carbocycles. The lowest BCUT2D eigenvalue weighted by Crippen LogP contribution is -2.30. The third-order valence-corrected chi connectivity index (χ3v) is 12.0. The number of carbonyl (C=O) groups is 3. The Hall–Kier alpha value is -2.89. The summed E-state index contributed by atoms with van der Waals surface area (Å²) in [6, 6.07) is 0. The van der Waals surface area contributed by atoms with Crippen LogP contribution in [-0.4, -0.2) is 37.2 Å². The van der Waals surface area contributed by atoms with Gasteiger partial charge in [0.15, 0.2) is 6.10 Å². The summed E-state index contributed by atoms with van der Waals surface area (Å²) in [6.07, 6.45) is 66.3. The number of ether oxygens (including phenoxy) is 3. The highest BCUT2D eigenvalue weighted by Crippen LogP contribution is 2.16. The predicted octanol–water partition coefficient (Wildman–Crippen LogP) is 18.4. The first-order valence-corrected chi connectivity index (χ1v) is 27.8. The third-order valence-electron chi connectivity index (χ3n) is 12.0. The number of rotatable bonds is 50. The van der Waals surface area contributed by atoms with Gasteiger partial charge < -0.3 is 14.2 Å². The molecule has 0 aliphatic heterocycles. The number of hydrogen-bond acceptors (Lipinski definition) is 6. The molecule has 0 saturated carbocycles. The zero-order valence-electron chi connectivity index (χ0n) is 43.0. The second kappa shape index (κ2) is 53.7. The maximum Gasteiger partial charge on any atom is 0.306 e. The predicted molar refractivity (Wildman–Crippen MR) is 279 cm³/mol. The van der Waals surface area contributed by atoms with Crippen molar-refractivity contribution in [2.75, 3.05) is 13.2 Å². The molecule has 0 fully saturated rings. The number of esters is 3. The van der Waals surface area contributed by atoms with E-state index >= 15 is 0 Å². The van der Waals surface area contributed by atoms with Gasteiger partial charge >= 0.3 is 17.9 Å². The Morgan fingerprint density at radius 3 is 0.938 bits per heavy atom. The molecule has 376 valence electrons. The summed E-state index contributed by atoms with van der Waals surface area (Å²) in [5, 5.41) is 0. The van der Waals surface area contributed by atoms with Gasteiger partial charge in [-0.15, -0.1) is 0 Å². The summed E-state index contributed by atoms with van der Waals surface area (Å²) >= 11 is 0. The van der Waals surface area contributed by atoms with Gasteiger partial charge in [0.1, 0.15) is 13.2 Å². The maximum absolute atomic E-state index is 12.8. The van der Waals surface area contributed by atoms with E-state index in [1.54, 1.807) is 0 Å². The zero-order chi connectivity index (χ0) is 47.2. The Morgan fingerprint density at radius 2 is 0.600 bits per heavy atom. The molecule has 0 N–H and O–H groups in total. The quantitative estimate of drug-likeness (QED) is 0.0262. The fourth-order valence-electron chi connectivity index (χ4n) is 7.88. The average Bonchev–Trinajstić information content (AvgIpc) is 3.30. The largest absolute Gasteiger partial charge is 0.462 e. The molecule has 0 aliphatic rings. The number of unbranched alkanes of at least 4 members (excludes halogenated alkanes) is 29. The molecule has 1 unspecified atom stereocenters. The van der Waals surface area contributed by atoms with Gasteiger partial charge in [0, 0.05) is 19.3 Å². The minimum absolute atomic E-state index is 0.0766. The van der Waals surface area contributed by atoms with Crippen molar-refractivity contribution in [3.05, 3.63) is 60.8 Å². The Bertz CT molecular complexity index is 1180. The molecule has 0 bridgehead atoms. The second-order valence-corrected chi connectivity index (χ2v) is 18.5. The first-order chi connectivity index (χ1) is 32.0. The van der Waals surface area contributed by atoms with E-state index in [9.17, 15) is 14.4 Å². The van der Waals surface area contributed by atoms with E-state index in [0.29, 0.717) is 19.3 Å². The summed E-state index contributed by atoms with van der Waals surface area (Å²) in [5.74, 6) is -0.885. The summed E-state index contributed by atoms with van der Waals surface area (Å²) < 4.78 is 16.8. The number of hydrogen-bond donors (Lipinski definition) is 0. The zero-order valence-corrected chi connectivity index (χ0v) is 43.0. The van der Waals surface area contributed by atoms with E-state index < -0.39 is 6.10 Å². The van der Waals surface area contributed by atoms with Crippen LogP contribution >= 0.6 is 0 Å². The van der Waals surface area contributed by atoms with Crippen LogP contribution in [0.25, 0.3) is 0 Å². The van der Waals surface area contributed by atoms with Gasteiger partial charge in [-0.1, -0.05) is 255 Å². The molecule has 0 aliphatic carbocycles. The van der Waals surface area contributed by atoms with Crippen molar-refractivity contribution >= 4 is 17.9 Å². The number of carbonyl (C=O) groups excluding carboxylic acids is 3. The van der Waals surface area contributed by atoms with Crippen LogP contribution in [0.15, 0.2) is 60.8 Å². The molecule has 65 heavy (non-hydrogen) atoms. The molecule has 6 heteroatoms. The molecule has 0 aromatic rings. The first-order valence-electron chi connectivity index (χ1n) is 27.8. The summed E-state index contributed by atoms with van der Waals surface area (Å²) in [6.45, 7) is 6.53. The van der Waals surface area contributed by atoms with Crippen molar-refractivity contribution in [1.82, 2.24) is 0 Å². The highest BCUT2D eigenvalue weighted by molar-refractivity contribution is 5.71. The van der Waals surface area contributed by atoms with E-state index in [-0.39, 0.29) is 31.1 Å². The van der Waals surface area contributed by atoms with Crippen LogP contribution in [0.5, 0.6) is 0 Å². The lowest BCUT2D eigenvalue weighted by atomic mass is 10.0. The lowest BCUT2D eigenvalue weighted by molar-refractivity contribution is -0.167. The minimum atomic E-state index is -0.778. The molecule has 1 atom stereocenters. The van der Waals surface area contributed by atoms with Crippen molar-refractivity contribution < 1.29 is 28.6 Å². The van der Waals surface area contributed by atoms with Crippen LogP contribution in [0.1, 0.15) is 278 Å². The number of allylic oxidation sites excluding steroid dienone is 10. The Kier molecular flexibility index (Phi) is 51.3. The third kappa shape index (κ3) is 51.9. The Balaban J connectivity index is 4.36. The fourth-order valence-corrected chi connectivity index (χ4v) is 7.88. The minimum Gasteiger partial charge on any atom is -0.462 e. The van der Waals surface area contributed by atoms with Gasteiger partial charge in [0.25, 0.3) is 0 Å². The summed E-state index contributed by atoms with van der Waals surface area (Å²) in [5.41, 5.74) is 0. The highest BCUT2D eigenvalue weighted by Gasteiger charge is 2.19. The molecule has 6 nitrogen and oxygen atoms in total. The van der Waals surface area contributed by atoms with E-state index in [1.807, 2.05) is 0 Å². The van der Waals surface area contributed by atoms with Crippen molar-refractivity contribution in [3.63, 3.8) is 0 Å². The molecule has 0 heterocycles. The molecule has 0 aromatic heterocycles. The standard InChI is InChI=1S/C59H104O6/c1-4-7-10-13-16-19-22-25-26-27-28-29-30-31-32-35-37-40-43-46-49-52-58(61)64-55-56(65-59(62)53-50-47-44-41-38-34-24-21-18-15-12-9-6-3)54-63-57(60)51-48-45-42-39-36-33-23-20-17-14-11-8-5-2/h7,10,16,19,25-26,28-29,31-32,56H,4-6,8-9,11-15,17-18,20-24,27,30,33-55H2,1-3H3/b10-7-,19-16-,26-25-,29-28-,32-31-. The van der Waals surface area contributed by atoms with Gasteiger partial charge in [-0.05, 0) is 64.2 Å². The molecule has 0 radical (unpaired) electrons. The Labute approximate surface area is 402 Å². The maximum atomic E-state index is 12.8. The van der Waals surface area contributed by atoms with Gasteiger partial charge in [-0.25, -0.2) is 0 Å². The molecule has 0 spiro atoms. The van der Waals surface area contributed by atoms with Gasteiger partial charge in [-0.3, -0.25) is 14.4 Å². The molecule has 0 amide bonds. The molecule has 0 saturated heterocycles. The van der Waals surface area contributed by atoms with Gasteiger partial charge in [-0.2, -0.15) is 0 Å². The first kappa shape index (κ1) is 62.1. The van der Waals surface area contributed by atoms with Crippen LogP contribution in [0.4, 0.5) is 0 Å². The van der Waals surface area contributed by atoms with E-state index in [1.165, 1.54) is 128 Å². The molecule has 0 rings (SSSR count). The van der Waals surface area contributed by atoms with Crippen molar-refractivity contribution in [2.24, 2.45) is 0 Å². The SMILES string of the molecule is CC/C=C\C/C=C\C/C=C\C/C=C\C/C=C\CCCCCCCC(=O)OCC(COC(=O)CCCCCCCCCCCCCCC)OC(=O)CCCCCCCCCCCCCCC. The normalized spacial score (nSPS) is 12.5. The molecular formula is C59H104O6. The van der Waals surface area contributed by atoms with Crippen LogP contribution in [0.2, 0.25) is 0 Å². The van der Waals surface area contributed by atoms with Crippen molar-refractivity contribution in [2.45, 2.75) is 284 Å². The molecular weight excluding hydrogens is 805 g/mol. The van der Waals surface area contributed by atoms with Crippen molar-refractivity contribution in [1.29, 1.82) is 0 Å².